The van der Waals surface area contributed by atoms with E-state index in [-0.39, 0.29) is 6.29 Å². The first-order valence-corrected chi connectivity index (χ1v) is 7.54. The van der Waals surface area contributed by atoms with Gasteiger partial charge in [-0.15, -0.1) is 0 Å². The van der Waals surface area contributed by atoms with Gasteiger partial charge >= 0.3 is 0 Å². The lowest BCUT2D eigenvalue weighted by molar-refractivity contribution is -0.142. The van der Waals surface area contributed by atoms with Crippen molar-refractivity contribution in [2.75, 3.05) is 19.8 Å². The lowest BCUT2D eigenvalue weighted by Crippen LogP contribution is -2.37. The molecule has 1 aliphatic rings. The zero-order chi connectivity index (χ0) is 14.2. The molecule has 2 rings (SSSR count). The zero-order valence-electron chi connectivity index (χ0n) is 12.5. The van der Waals surface area contributed by atoms with Crippen molar-refractivity contribution in [3.63, 3.8) is 0 Å². The van der Waals surface area contributed by atoms with E-state index in [4.69, 9.17) is 9.47 Å². The van der Waals surface area contributed by atoms with Crippen LogP contribution in [0.15, 0.2) is 36.4 Å². The van der Waals surface area contributed by atoms with Crippen LogP contribution in [0, 0.1) is 0 Å². The summed E-state index contributed by atoms with van der Waals surface area (Å²) in [6.45, 7) is 6.32. The van der Waals surface area contributed by atoms with Crippen LogP contribution < -0.4 is 5.32 Å². The second-order valence-corrected chi connectivity index (χ2v) is 4.98. The van der Waals surface area contributed by atoms with Crippen molar-refractivity contribution in [1.29, 1.82) is 0 Å². The van der Waals surface area contributed by atoms with Crippen LogP contribution in [0.5, 0.6) is 0 Å². The highest BCUT2D eigenvalue weighted by atomic mass is 16.7. The number of hydrogen-bond acceptors (Lipinski definition) is 3. The summed E-state index contributed by atoms with van der Waals surface area (Å²) in [5, 5.41) is 3.53. The fourth-order valence-electron chi connectivity index (χ4n) is 2.61. The van der Waals surface area contributed by atoms with Gasteiger partial charge in [0.1, 0.15) is 0 Å². The Hall–Kier alpha value is -1.16. The molecule has 3 nitrogen and oxygen atoms in total. The van der Waals surface area contributed by atoms with Crippen LogP contribution in [0.3, 0.4) is 0 Å². The van der Waals surface area contributed by atoms with Crippen molar-refractivity contribution in [2.24, 2.45) is 0 Å². The van der Waals surface area contributed by atoms with Gasteiger partial charge in [-0.05, 0) is 31.4 Å². The van der Waals surface area contributed by atoms with Crippen molar-refractivity contribution in [3.05, 3.63) is 42.0 Å². The summed E-state index contributed by atoms with van der Waals surface area (Å²) < 4.78 is 11.3. The first kappa shape index (κ1) is 15.2. The number of benzene rings is 1. The molecule has 0 saturated carbocycles. The van der Waals surface area contributed by atoms with E-state index >= 15 is 0 Å². The van der Waals surface area contributed by atoms with E-state index in [1.807, 2.05) is 13.8 Å². The fraction of sp³-hybridized carbons (Fsp3) is 0.529. The van der Waals surface area contributed by atoms with Gasteiger partial charge in [-0.1, -0.05) is 36.4 Å². The van der Waals surface area contributed by atoms with E-state index in [1.165, 1.54) is 11.1 Å². The molecule has 0 spiro atoms. The van der Waals surface area contributed by atoms with Crippen molar-refractivity contribution < 1.29 is 9.47 Å². The van der Waals surface area contributed by atoms with Crippen molar-refractivity contribution in [2.45, 2.75) is 39.0 Å². The van der Waals surface area contributed by atoms with Crippen molar-refractivity contribution in [1.82, 2.24) is 5.32 Å². The summed E-state index contributed by atoms with van der Waals surface area (Å²) in [6.07, 6.45) is 4.10. The minimum Gasteiger partial charge on any atom is -0.353 e. The van der Waals surface area contributed by atoms with Gasteiger partial charge in [0.15, 0.2) is 6.29 Å². The number of ether oxygens (including phenoxy) is 2. The molecule has 0 saturated heterocycles. The quantitative estimate of drug-likeness (QED) is 0.775. The van der Waals surface area contributed by atoms with Crippen LogP contribution in [0.25, 0.3) is 5.57 Å². The second-order valence-electron chi connectivity index (χ2n) is 4.98. The molecule has 1 aromatic rings. The van der Waals surface area contributed by atoms with E-state index in [2.05, 4.69) is 41.7 Å². The smallest absolute Gasteiger partial charge is 0.159 e. The lowest BCUT2D eigenvalue weighted by atomic mass is 9.94. The Balaban J connectivity index is 1.93. The highest BCUT2D eigenvalue weighted by Gasteiger charge is 2.20. The summed E-state index contributed by atoms with van der Waals surface area (Å²) in [6, 6.07) is 11.0. The summed E-state index contributed by atoms with van der Waals surface area (Å²) in [5.74, 6) is 0. The maximum Gasteiger partial charge on any atom is 0.159 e. The van der Waals surface area contributed by atoms with Crippen molar-refractivity contribution >= 4 is 5.57 Å². The topological polar surface area (TPSA) is 30.5 Å². The Kier molecular flexibility index (Phi) is 6.25. The third-order valence-corrected chi connectivity index (χ3v) is 3.55. The van der Waals surface area contributed by atoms with Gasteiger partial charge in [0, 0.05) is 32.2 Å². The van der Waals surface area contributed by atoms with Crippen LogP contribution in [0.1, 0.15) is 32.3 Å². The SMILES string of the molecule is CCOC(CC1CC(c2ccccc2)=CCN1)OCC. The second kappa shape index (κ2) is 8.20. The Labute approximate surface area is 122 Å². The van der Waals surface area contributed by atoms with E-state index in [9.17, 15) is 0 Å². The molecule has 0 fully saturated rings. The van der Waals surface area contributed by atoms with Gasteiger partial charge in [-0.25, -0.2) is 0 Å². The highest BCUT2D eigenvalue weighted by Crippen LogP contribution is 2.24. The summed E-state index contributed by atoms with van der Waals surface area (Å²) in [4.78, 5) is 0. The molecule has 1 N–H and O–H groups in total. The van der Waals surface area contributed by atoms with Gasteiger partial charge in [0.05, 0.1) is 0 Å². The largest absolute Gasteiger partial charge is 0.353 e. The van der Waals surface area contributed by atoms with Gasteiger partial charge in [-0.3, -0.25) is 0 Å². The molecule has 0 radical (unpaired) electrons. The predicted octanol–water partition coefficient (Wildman–Crippen LogP) is 3.22. The molecule has 1 unspecified atom stereocenters. The summed E-state index contributed by atoms with van der Waals surface area (Å²) in [5.41, 5.74) is 2.74. The van der Waals surface area contributed by atoms with E-state index in [0.717, 1.165) is 19.4 Å². The molecule has 1 aromatic carbocycles. The molecule has 20 heavy (non-hydrogen) atoms. The minimum atomic E-state index is -0.0994. The first-order chi connectivity index (χ1) is 9.83. The average molecular weight is 275 g/mol. The first-order valence-electron chi connectivity index (χ1n) is 7.54. The third-order valence-electron chi connectivity index (χ3n) is 3.55. The van der Waals surface area contributed by atoms with Crippen LogP contribution in [-0.4, -0.2) is 32.1 Å². The lowest BCUT2D eigenvalue weighted by Gasteiger charge is -2.28. The number of hydrogen-bond donors (Lipinski definition) is 1. The van der Waals surface area contributed by atoms with Gasteiger partial charge in [0.25, 0.3) is 0 Å². The van der Waals surface area contributed by atoms with Gasteiger partial charge < -0.3 is 14.8 Å². The monoisotopic (exact) mass is 275 g/mol. The minimum absolute atomic E-state index is 0.0994. The van der Waals surface area contributed by atoms with Gasteiger partial charge in [-0.2, -0.15) is 0 Å². The Bertz CT molecular complexity index is 410. The van der Waals surface area contributed by atoms with Crippen molar-refractivity contribution in [3.8, 4) is 0 Å². The van der Waals surface area contributed by atoms with E-state index in [1.54, 1.807) is 0 Å². The molecule has 1 atom stereocenters. The molecule has 1 heterocycles. The Morgan fingerprint density at radius 1 is 1.15 bits per heavy atom. The Morgan fingerprint density at radius 2 is 1.85 bits per heavy atom. The molecule has 0 bridgehead atoms. The van der Waals surface area contributed by atoms with Crippen LogP contribution in [0.2, 0.25) is 0 Å². The molecular formula is C17H25NO2. The normalized spacial score (nSPS) is 19.1. The van der Waals surface area contributed by atoms with Gasteiger partial charge in [0.2, 0.25) is 0 Å². The highest BCUT2D eigenvalue weighted by molar-refractivity contribution is 5.66. The molecule has 0 aromatic heterocycles. The predicted molar refractivity (Wildman–Crippen MR) is 82.5 cm³/mol. The summed E-state index contributed by atoms with van der Waals surface area (Å²) in [7, 11) is 0. The molecule has 1 aliphatic heterocycles. The van der Waals surface area contributed by atoms with E-state index in [0.29, 0.717) is 19.3 Å². The molecule has 3 heteroatoms. The number of nitrogens with one attached hydrogen (secondary N) is 1. The standard InChI is InChI=1S/C17H25NO2/c1-3-19-17(20-4-2)13-16-12-15(10-11-18-16)14-8-6-5-7-9-14/h5-10,16-18H,3-4,11-13H2,1-2H3. The molecule has 0 aliphatic carbocycles. The average Bonchev–Trinajstić information content (AvgIpc) is 2.49. The molecule has 0 amide bonds. The Morgan fingerprint density at radius 3 is 2.50 bits per heavy atom. The van der Waals surface area contributed by atoms with Crippen LogP contribution in [-0.2, 0) is 9.47 Å². The number of rotatable bonds is 7. The maximum absolute atomic E-state index is 5.64. The maximum atomic E-state index is 5.64. The third kappa shape index (κ3) is 4.44. The molecular weight excluding hydrogens is 250 g/mol. The fourth-order valence-corrected chi connectivity index (χ4v) is 2.61. The summed E-state index contributed by atoms with van der Waals surface area (Å²) >= 11 is 0. The van der Waals surface area contributed by atoms with Crippen LogP contribution in [0.4, 0.5) is 0 Å². The van der Waals surface area contributed by atoms with E-state index < -0.39 is 0 Å². The van der Waals surface area contributed by atoms with Crippen LogP contribution >= 0.6 is 0 Å². The zero-order valence-corrected chi connectivity index (χ0v) is 12.5. The molecule has 110 valence electrons.